The van der Waals surface area contributed by atoms with Gasteiger partial charge in [0, 0.05) is 25.1 Å². The van der Waals surface area contributed by atoms with Crippen molar-refractivity contribution in [2.45, 2.75) is 19.4 Å². The quantitative estimate of drug-likeness (QED) is 0.644. The van der Waals surface area contributed by atoms with Crippen LogP contribution >= 0.6 is 0 Å². The van der Waals surface area contributed by atoms with Gasteiger partial charge in [0.05, 0.1) is 12.4 Å². The molecule has 1 saturated heterocycles. The molecule has 14 heavy (non-hydrogen) atoms. The summed E-state index contributed by atoms with van der Waals surface area (Å²) < 4.78 is 30.5. The van der Waals surface area contributed by atoms with Gasteiger partial charge in [-0.15, -0.1) is 0 Å². The summed E-state index contributed by atoms with van der Waals surface area (Å²) in [6.07, 6.45) is 0.923. The standard InChI is InChI=1S/C8H18N2O3S/c1-7(8-2-4-13-6-8)10-14(11,12)5-3-9/h7-8,10H,2-6,9H2,1H3. The van der Waals surface area contributed by atoms with E-state index in [1.165, 1.54) is 0 Å². The number of sulfonamides is 1. The second-order valence-corrected chi connectivity index (χ2v) is 5.51. The molecule has 0 aromatic heterocycles. The lowest BCUT2D eigenvalue weighted by molar-refractivity contribution is 0.180. The number of ether oxygens (including phenoxy) is 1. The van der Waals surface area contributed by atoms with Crippen LogP contribution in [-0.2, 0) is 14.8 Å². The number of hydrogen-bond acceptors (Lipinski definition) is 4. The first kappa shape index (κ1) is 11.9. The summed E-state index contributed by atoms with van der Waals surface area (Å²) in [4.78, 5) is 0. The fraction of sp³-hybridized carbons (Fsp3) is 1.00. The van der Waals surface area contributed by atoms with Crippen LogP contribution in [0.5, 0.6) is 0 Å². The lowest BCUT2D eigenvalue weighted by Gasteiger charge is -2.18. The van der Waals surface area contributed by atoms with Crippen LogP contribution in [0.15, 0.2) is 0 Å². The Labute approximate surface area is 85.1 Å². The van der Waals surface area contributed by atoms with E-state index in [2.05, 4.69) is 4.72 Å². The van der Waals surface area contributed by atoms with Gasteiger partial charge in [-0.3, -0.25) is 0 Å². The summed E-state index contributed by atoms with van der Waals surface area (Å²) in [6.45, 7) is 3.40. The zero-order chi connectivity index (χ0) is 10.6. The zero-order valence-electron chi connectivity index (χ0n) is 8.40. The summed E-state index contributed by atoms with van der Waals surface area (Å²) in [5.74, 6) is 0.285. The lowest BCUT2D eigenvalue weighted by Crippen LogP contribution is -2.40. The zero-order valence-corrected chi connectivity index (χ0v) is 9.22. The second kappa shape index (κ2) is 5.06. The normalized spacial score (nSPS) is 25.1. The van der Waals surface area contributed by atoms with Gasteiger partial charge in [0.1, 0.15) is 0 Å². The van der Waals surface area contributed by atoms with Crippen molar-refractivity contribution in [2.24, 2.45) is 11.7 Å². The van der Waals surface area contributed by atoms with Crippen molar-refractivity contribution in [3.63, 3.8) is 0 Å². The maximum absolute atomic E-state index is 11.4. The molecule has 3 N–H and O–H groups in total. The molecule has 0 saturated carbocycles. The summed E-state index contributed by atoms with van der Waals surface area (Å²) in [5, 5.41) is 0. The van der Waals surface area contributed by atoms with Gasteiger partial charge in [0.2, 0.25) is 10.0 Å². The van der Waals surface area contributed by atoms with Crippen molar-refractivity contribution in [3.8, 4) is 0 Å². The monoisotopic (exact) mass is 222 g/mol. The summed E-state index contributed by atoms with van der Waals surface area (Å²) in [6, 6.07) is -0.0611. The Hall–Kier alpha value is -0.170. The highest BCUT2D eigenvalue weighted by molar-refractivity contribution is 7.89. The van der Waals surface area contributed by atoms with E-state index in [1.54, 1.807) is 0 Å². The third kappa shape index (κ3) is 3.53. The minimum absolute atomic E-state index is 0.00901. The average Bonchev–Trinajstić information content (AvgIpc) is 2.53. The van der Waals surface area contributed by atoms with Gasteiger partial charge in [-0.25, -0.2) is 13.1 Å². The second-order valence-electron chi connectivity index (χ2n) is 3.64. The fourth-order valence-corrected chi connectivity index (χ4v) is 2.73. The van der Waals surface area contributed by atoms with Gasteiger partial charge in [-0.2, -0.15) is 0 Å². The maximum atomic E-state index is 11.4. The van der Waals surface area contributed by atoms with E-state index in [-0.39, 0.29) is 18.3 Å². The van der Waals surface area contributed by atoms with Gasteiger partial charge in [0.25, 0.3) is 0 Å². The van der Waals surface area contributed by atoms with Crippen molar-refractivity contribution in [1.82, 2.24) is 4.72 Å². The molecule has 84 valence electrons. The van der Waals surface area contributed by atoms with Gasteiger partial charge in [-0.05, 0) is 13.3 Å². The van der Waals surface area contributed by atoms with Crippen molar-refractivity contribution in [1.29, 1.82) is 0 Å². The van der Waals surface area contributed by atoms with Gasteiger partial charge < -0.3 is 10.5 Å². The minimum Gasteiger partial charge on any atom is -0.381 e. The first-order chi connectivity index (χ1) is 6.55. The van der Waals surface area contributed by atoms with Crippen LogP contribution in [0.1, 0.15) is 13.3 Å². The number of nitrogens with two attached hydrogens (primary N) is 1. The predicted octanol–water partition coefficient (Wildman–Crippen LogP) is -0.710. The third-order valence-corrected chi connectivity index (χ3v) is 3.93. The highest BCUT2D eigenvalue weighted by Crippen LogP contribution is 2.16. The topological polar surface area (TPSA) is 81.4 Å². The third-order valence-electron chi connectivity index (χ3n) is 2.42. The van der Waals surface area contributed by atoms with Gasteiger partial charge >= 0.3 is 0 Å². The summed E-state index contributed by atoms with van der Waals surface area (Å²) in [5.41, 5.74) is 5.20. The molecule has 6 heteroatoms. The van der Waals surface area contributed by atoms with Crippen molar-refractivity contribution in [2.75, 3.05) is 25.5 Å². The van der Waals surface area contributed by atoms with Crippen molar-refractivity contribution in [3.05, 3.63) is 0 Å². The predicted molar refractivity (Wildman–Crippen MR) is 54.4 cm³/mol. The first-order valence-electron chi connectivity index (χ1n) is 4.83. The average molecular weight is 222 g/mol. The SMILES string of the molecule is CC(NS(=O)(=O)CCN)C1CCOC1. The van der Waals surface area contributed by atoms with E-state index in [4.69, 9.17) is 10.5 Å². The molecule has 0 aromatic rings. The first-order valence-corrected chi connectivity index (χ1v) is 6.48. The Morgan fingerprint density at radius 2 is 2.36 bits per heavy atom. The molecule has 5 nitrogen and oxygen atoms in total. The number of rotatable bonds is 5. The molecule has 1 aliphatic rings. The van der Waals surface area contributed by atoms with E-state index in [0.29, 0.717) is 12.5 Å². The smallest absolute Gasteiger partial charge is 0.213 e. The van der Waals surface area contributed by atoms with Crippen LogP contribution in [0.25, 0.3) is 0 Å². The number of hydrogen-bond donors (Lipinski definition) is 2. The Bertz CT molecular complexity index is 260. The Morgan fingerprint density at radius 3 is 2.86 bits per heavy atom. The van der Waals surface area contributed by atoms with Crippen LogP contribution in [0.3, 0.4) is 0 Å². The van der Waals surface area contributed by atoms with Crippen LogP contribution in [0.4, 0.5) is 0 Å². The largest absolute Gasteiger partial charge is 0.381 e. The summed E-state index contributed by atoms with van der Waals surface area (Å²) >= 11 is 0. The Balaban J connectivity index is 2.42. The van der Waals surface area contributed by atoms with Crippen molar-refractivity contribution >= 4 is 10.0 Å². The number of nitrogens with one attached hydrogen (secondary N) is 1. The Morgan fingerprint density at radius 1 is 1.64 bits per heavy atom. The molecule has 0 bridgehead atoms. The minimum atomic E-state index is -3.20. The summed E-state index contributed by atoms with van der Waals surface area (Å²) in [7, 11) is -3.20. The molecule has 2 unspecified atom stereocenters. The van der Waals surface area contributed by atoms with E-state index < -0.39 is 10.0 Å². The molecule has 2 atom stereocenters. The molecule has 1 heterocycles. The fourth-order valence-electron chi connectivity index (χ4n) is 1.54. The van der Waals surface area contributed by atoms with Crippen LogP contribution in [0, 0.1) is 5.92 Å². The van der Waals surface area contributed by atoms with Gasteiger partial charge in [0.15, 0.2) is 0 Å². The Kier molecular flexibility index (Phi) is 4.31. The molecule has 0 radical (unpaired) electrons. The maximum Gasteiger partial charge on any atom is 0.213 e. The van der Waals surface area contributed by atoms with Gasteiger partial charge in [-0.1, -0.05) is 0 Å². The van der Waals surface area contributed by atoms with E-state index in [9.17, 15) is 8.42 Å². The lowest BCUT2D eigenvalue weighted by atomic mass is 10.0. The van der Waals surface area contributed by atoms with E-state index in [0.717, 1.165) is 13.0 Å². The van der Waals surface area contributed by atoms with Crippen LogP contribution in [-0.4, -0.2) is 40.0 Å². The van der Waals surface area contributed by atoms with Crippen LogP contribution < -0.4 is 10.5 Å². The van der Waals surface area contributed by atoms with Crippen molar-refractivity contribution < 1.29 is 13.2 Å². The molecule has 0 aromatic carbocycles. The molecule has 1 rings (SSSR count). The molecule has 0 spiro atoms. The molecule has 0 amide bonds. The highest BCUT2D eigenvalue weighted by Gasteiger charge is 2.25. The molecule has 1 aliphatic heterocycles. The van der Waals surface area contributed by atoms with E-state index in [1.807, 2.05) is 6.92 Å². The molecular formula is C8H18N2O3S. The molecule has 1 fully saturated rings. The highest BCUT2D eigenvalue weighted by atomic mass is 32.2. The molecular weight excluding hydrogens is 204 g/mol. The van der Waals surface area contributed by atoms with E-state index >= 15 is 0 Å². The van der Waals surface area contributed by atoms with Crippen LogP contribution in [0.2, 0.25) is 0 Å². The molecule has 0 aliphatic carbocycles.